The van der Waals surface area contributed by atoms with E-state index in [1.807, 2.05) is 0 Å². The molecule has 134 valence electrons. The van der Waals surface area contributed by atoms with Crippen LogP contribution in [-0.4, -0.2) is 74.3 Å². The molecule has 0 atom stereocenters. The van der Waals surface area contributed by atoms with E-state index in [-0.39, 0.29) is 24.9 Å². The van der Waals surface area contributed by atoms with Crippen LogP contribution in [0, 0.1) is 10.1 Å². The number of carbonyl (C=O) groups is 2. The van der Waals surface area contributed by atoms with E-state index in [0.717, 1.165) is 6.20 Å². The number of rotatable bonds is 3. The molecule has 1 aliphatic heterocycles. The van der Waals surface area contributed by atoms with Crippen LogP contribution in [0.3, 0.4) is 0 Å². The molecule has 11 heteroatoms. The molecule has 10 nitrogen and oxygen atoms in total. The molecule has 1 N–H and O–H groups in total. The van der Waals surface area contributed by atoms with Crippen molar-refractivity contribution in [2.24, 2.45) is 0 Å². The van der Waals surface area contributed by atoms with Crippen molar-refractivity contribution in [3.63, 3.8) is 0 Å². The zero-order chi connectivity index (χ0) is 18.1. The van der Waals surface area contributed by atoms with Crippen LogP contribution in [0.25, 0.3) is 0 Å². The zero-order valence-corrected chi connectivity index (χ0v) is 13.8. The van der Waals surface area contributed by atoms with Gasteiger partial charge in [-0.15, -0.1) is 0 Å². The average molecular weight is 348 g/mol. The van der Waals surface area contributed by atoms with Gasteiger partial charge in [-0.05, 0) is 33.6 Å². The molecule has 1 fully saturated rings. The fourth-order valence-electron chi connectivity index (χ4n) is 2.49. The third kappa shape index (κ3) is 5.21. The molecular formula is C14H21LiN4O6. The van der Waals surface area contributed by atoms with Gasteiger partial charge >= 0.3 is 36.6 Å². The monoisotopic (exact) mass is 348 g/mol. The van der Waals surface area contributed by atoms with E-state index in [4.69, 9.17) is 9.84 Å². The Balaban J connectivity index is 0.00000312. The molecule has 1 amide bonds. The van der Waals surface area contributed by atoms with Crippen LogP contribution in [0.1, 0.15) is 50.1 Å². The Morgan fingerprint density at radius 1 is 1.36 bits per heavy atom. The summed E-state index contributed by atoms with van der Waals surface area (Å²) in [5.74, 6) is -1.44. The van der Waals surface area contributed by atoms with Gasteiger partial charge in [-0.1, -0.05) is 0 Å². The van der Waals surface area contributed by atoms with E-state index in [9.17, 15) is 19.7 Å². The number of hydrogen-bond donors (Lipinski definition) is 1. The fourth-order valence-corrected chi connectivity index (χ4v) is 2.49. The van der Waals surface area contributed by atoms with Gasteiger partial charge in [0.2, 0.25) is 5.69 Å². The van der Waals surface area contributed by atoms with Crippen molar-refractivity contribution in [2.75, 3.05) is 13.1 Å². The molecule has 0 aliphatic carbocycles. The molecule has 0 saturated carbocycles. The normalized spacial score (nSPS) is 15.4. The first-order valence-corrected chi connectivity index (χ1v) is 7.53. The van der Waals surface area contributed by atoms with E-state index in [1.165, 1.54) is 4.68 Å². The molecule has 1 aromatic rings. The Bertz CT molecular complexity index is 629. The number of ether oxygens (including phenoxy) is 1. The van der Waals surface area contributed by atoms with Crippen molar-refractivity contribution in [3.05, 3.63) is 22.0 Å². The van der Waals surface area contributed by atoms with E-state index in [1.54, 1.807) is 25.7 Å². The number of amides is 1. The number of likely N-dealkylation sites (tertiary alicyclic amines) is 1. The summed E-state index contributed by atoms with van der Waals surface area (Å²) in [6, 6.07) is -0.199. The molecular weight excluding hydrogens is 327 g/mol. The number of aromatic nitrogens is 2. The van der Waals surface area contributed by atoms with Crippen LogP contribution in [-0.2, 0) is 4.74 Å². The van der Waals surface area contributed by atoms with Crippen molar-refractivity contribution in [1.82, 2.24) is 14.7 Å². The summed E-state index contributed by atoms with van der Waals surface area (Å²) < 4.78 is 6.62. The summed E-state index contributed by atoms with van der Waals surface area (Å²) in [6.07, 6.45) is 1.75. The minimum atomic E-state index is -1.44. The zero-order valence-electron chi connectivity index (χ0n) is 13.8. The number of carboxylic acid groups (broad SMARTS) is 1. The Morgan fingerprint density at radius 2 is 1.92 bits per heavy atom. The number of nitro groups is 1. The van der Waals surface area contributed by atoms with Gasteiger partial charge in [0.1, 0.15) is 11.8 Å². The molecule has 1 aliphatic rings. The van der Waals surface area contributed by atoms with Crippen LogP contribution in [0.4, 0.5) is 10.5 Å². The number of carbonyl (C=O) groups excluding carboxylic acids is 1. The molecule has 2 rings (SSSR count). The van der Waals surface area contributed by atoms with Crippen LogP contribution >= 0.6 is 0 Å². The maximum absolute atomic E-state index is 12.0. The summed E-state index contributed by atoms with van der Waals surface area (Å²) in [5.41, 5.74) is -1.68. The predicted molar refractivity (Wildman–Crippen MR) is 89.1 cm³/mol. The molecule has 25 heavy (non-hydrogen) atoms. The molecule has 0 unspecified atom stereocenters. The number of aromatic carboxylic acids is 1. The van der Waals surface area contributed by atoms with Gasteiger partial charge in [0, 0.05) is 13.1 Å². The summed E-state index contributed by atoms with van der Waals surface area (Å²) in [6.45, 7) is 6.18. The predicted octanol–water partition coefficient (Wildman–Crippen LogP) is 1.41. The SMILES string of the molecule is CC(C)(C)OC(=O)N1CCC(n2cc([N+](=O)[O-])c(C(=O)O)n2)CC1.[LiH]. The van der Waals surface area contributed by atoms with E-state index in [0.29, 0.717) is 25.9 Å². The molecule has 1 saturated heterocycles. The van der Waals surface area contributed by atoms with Crippen LogP contribution in [0.2, 0.25) is 0 Å². The Morgan fingerprint density at radius 3 is 2.32 bits per heavy atom. The van der Waals surface area contributed by atoms with Crippen molar-refractivity contribution in [2.45, 2.75) is 45.3 Å². The summed E-state index contributed by atoms with van der Waals surface area (Å²) >= 11 is 0. The van der Waals surface area contributed by atoms with Crippen molar-refractivity contribution >= 4 is 36.6 Å². The maximum atomic E-state index is 12.0. The standard InChI is InChI=1S/C14H20N4O6.Li.H/c1-14(2,3)24-13(21)16-6-4-9(5-7-16)17-8-10(18(22)23)11(15-17)12(19)20;;/h8-9H,4-7H2,1-3H3,(H,19,20);;. The van der Waals surface area contributed by atoms with Crippen LogP contribution in [0.15, 0.2) is 6.20 Å². The Kier molecular flexibility index (Phi) is 6.62. The van der Waals surface area contributed by atoms with Gasteiger partial charge in [-0.2, -0.15) is 5.10 Å². The first-order chi connectivity index (χ1) is 11.1. The molecule has 0 spiro atoms. The van der Waals surface area contributed by atoms with Crippen molar-refractivity contribution in [1.29, 1.82) is 0 Å². The minimum absolute atomic E-state index is 0. The number of nitrogens with zero attached hydrogens (tertiary/aromatic N) is 4. The van der Waals surface area contributed by atoms with Crippen molar-refractivity contribution in [3.8, 4) is 0 Å². The van der Waals surface area contributed by atoms with Gasteiger partial charge in [-0.25, -0.2) is 9.59 Å². The number of piperidine rings is 1. The van der Waals surface area contributed by atoms with Crippen LogP contribution < -0.4 is 0 Å². The Hall–Kier alpha value is -2.05. The second-order valence-corrected chi connectivity index (χ2v) is 6.60. The van der Waals surface area contributed by atoms with E-state index < -0.39 is 34.0 Å². The fraction of sp³-hybridized carbons (Fsp3) is 0.643. The topological polar surface area (TPSA) is 128 Å². The van der Waals surface area contributed by atoms with Gasteiger partial charge in [-0.3, -0.25) is 14.8 Å². The van der Waals surface area contributed by atoms with Gasteiger partial charge in [0.25, 0.3) is 0 Å². The summed E-state index contributed by atoms with van der Waals surface area (Å²) in [5, 5.41) is 23.7. The third-order valence-corrected chi connectivity index (χ3v) is 3.60. The van der Waals surface area contributed by atoms with Crippen molar-refractivity contribution < 1.29 is 24.4 Å². The van der Waals surface area contributed by atoms with Crippen LogP contribution in [0.5, 0.6) is 0 Å². The Labute approximate surface area is 156 Å². The van der Waals surface area contributed by atoms with Gasteiger partial charge in [0.15, 0.2) is 0 Å². The number of hydrogen-bond acceptors (Lipinski definition) is 6. The molecule has 2 heterocycles. The third-order valence-electron chi connectivity index (χ3n) is 3.60. The second kappa shape index (κ2) is 7.89. The summed E-state index contributed by atoms with van der Waals surface area (Å²) in [7, 11) is 0. The molecule has 1 aromatic heterocycles. The molecule has 0 bridgehead atoms. The number of carboxylic acids is 1. The van der Waals surface area contributed by atoms with E-state index >= 15 is 0 Å². The van der Waals surface area contributed by atoms with Gasteiger partial charge < -0.3 is 14.7 Å². The first kappa shape index (κ1) is 21.0. The molecule has 0 radical (unpaired) electrons. The quantitative estimate of drug-likeness (QED) is 0.497. The second-order valence-electron chi connectivity index (χ2n) is 6.60. The summed E-state index contributed by atoms with van der Waals surface area (Å²) in [4.78, 5) is 34.8. The first-order valence-electron chi connectivity index (χ1n) is 7.53. The molecule has 0 aromatic carbocycles. The van der Waals surface area contributed by atoms with E-state index in [2.05, 4.69) is 5.10 Å². The van der Waals surface area contributed by atoms with Gasteiger partial charge in [0.05, 0.1) is 11.0 Å². The average Bonchev–Trinajstić information content (AvgIpc) is 2.91.